The average Bonchev–Trinajstić information content (AvgIpc) is 3.45. The number of fused-ring (bicyclic) bond motifs is 1. The van der Waals surface area contributed by atoms with Gasteiger partial charge in [-0.3, -0.25) is 4.79 Å². The number of hydrogen-bond donors (Lipinski definition) is 2. The second kappa shape index (κ2) is 10.8. The molecule has 0 aliphatic heterocycles. The second-order valence-electron chi connectivity index (χ2n) is 7.56. The number of urea groups is 1. The van der Waals surface area contributed by atoms with Crippen molar-refractivity contribution in [1.29, 1.82) is 0 Å². The number of rotatable bonds is 9. The first-order valence-corrected chi connectivity index (χ1v) is 11.9. The molecule has 0 bridgehead atoms. The van der Waals surface area contributed by atoms with Crippen LogP contribution in [-0.2, 0) is 22.6 Å². The van der Waals surface area contributed by atoms with E-state index in [4.69, 9.17) is 4.74 Å². The van der Waals surface area contributed by atoms with Crippen LogP contribution in [0.4, 0.5) is 4.79 Å². The van der Waals surface area contributed by atoms with Crippen LogP contribution in [0.15, 0.2) is 72.1 Å². The Hall–Kier alpha value is -3.58. The maximum atomic E-state index is 12.4. The molecule has 4 rings (SSSR count). The molecule has 0 aliphatic carbocycles. The Morgan fingerprint density at radius 2 is 1.76 bits per heavy atom. The van der Waals surface area contributed by atoms with Gasteiger partial charge in [0.1, 0.15) is 0 Å². The highest BCUT2D eigenvalue weighted by Crippen LogP contribution is 2.36. The molecule has 0 fully saturated rings. The molecule has 4 aromatic rings. The summed E-state index contributed by atoms with van der Waals surface area (Å²) in [7, 11) is 0. The number of ether oxygens (including phenoxy) is 1. The van der Waals surface area contributed by atoms with E-state index in [0.717, 1.165) is 33.6 Å². The fourth-order valence-electron chi connectivity index (χ4n) is 3.92. The largest absolute Gasteiger partial charge is 0.466 e. The Labute approximate surface area is 197 Å². The number of carbonyl (C=O) groups excluding carboxylic acids is 2. The van der Waals surface area contributed by atoms with E-state index in [1.807, 2.05) is 24.3 Å². The molecule has 2 aromatic carbocycles. The topological polar surface area (TPSA) is 72.4 Å². The Balaban J connectivity index is 1.60. The molecule has 7 heteroatoms. The Morgan fingerprint density at radius 3 is 2.52 bits per heavy atom. The summed E-state index contributed by atoms with van der Waals surface area (Å²) in [5.74, 6) is -0.318. The molecule has 0 aliphatic rings. The van der Waals surface area contributed by atoms with Gasteiger partial charge in [0, 0.05) is 36.1 Å². The summed E-state index contributed by atoms with van der Waals surface area (Å²) in [6, 6.07) is 22.5. The number of para-hydroxylation sites is 1. The smallest absolute Gasteiger partial charge is 0.315 e. The van der Waals surface area contributed by atoms with Crippen LogP contribution in [0.5, 0.6) is 0 Å². The van der Waals surface area contributed by atoms with E-state index < -0.39 is 0 Å². The minimum absolute atomic E-state index is 0.151. The SMILES string of the molecule is CCOC(=O)CCNC(=O)NCc1c(-c2cccs2)n(Cc2ccccc2)c2ccccc12. The molecule has 33 heavy (non-hydrogen) atoms. The first-order valence-electron chi connectivity index (χ1n) is 11.0. The number of carbonyl (C=O) groups is 2. The zero-order valence-corrected chi connectivity index (χ0v) is 19.4. The van der Waals surface area contributed by atoms with Gasteiger partial charge in [-0.05, 0) is 30.0 Å². The molecular formula is C26H27N3O3S. The zero-order chi connectivity index (χ0) is 23.0. The molecule has 0 unspecified atom stereocenters. The number of nitrogens with one attached hydrogen (secondary N) is 2. The van der Waals surface area contributed by atoms with E-state index in [1.54, 1.807) is 18.3 Å². The molecule has 2 N–H and O–H groups in total. The normalized spacial score (nSPS) is 10.8. The third-order valence-corrected chi connectivity index (χ3v) is 6.24. The van der Waals surface area contributed by atoms with Gasteiger partial charge < -0.3 is 19.9 Å². The van der Waals surface area contributed by atoms with E-state index in [-0.39, 0.29) is 25.0 Å². The standard InChI is InChI=1S/C26H27N3O3S/c1-2-32-24(30)14-15-27-26(31)28-17-21-20-11-6-7-12-22(20)29(18-19-9-4-3-5-10-19)25(21)23-13-8-16-33-23/h3-13,16H,2,14-15,17-18H2,1H3,(H2,27,28,31). The summed E-state index contributed by atoms with van der Waals surface area (Å²) in [6.45, 7) is 3.44. The average molecular weight is 462 g/mol. The molecule has 0 saturated heterocycles. The third kappa shape index (κ3) is 5.43. The number of aromatic nitrogens is 1. The lowest BCUT2D eigenvalue weighted by Crippen LogP contribution is -2.36. The highest BCUT2D eigenvalue weighted by atomic mass is 32.1. The lowest BCUT2D eigenvalue weighted by atomic mass is 10.1. The van der Waals surface area contributed by atoms with Crippen molar-refractivity contribution < 1.29 is 14.3 Å². The third-order valence-electron chi connectivity index (χ3n) is 5.36. The lowest BCUT2D eigenvalue weighted by molar-refractivity contribution is -0.142. The van der Waals surface area contributed by atoms with Crippen molar-refractivity contribution in [3.63, 3.8) is 0 Å². The summed E-state index contributed by atoms with van der Waals surface area (Å²) >= 11 is 1.69. The fraction of sp³-hybridized carbons (Fsp3) is 0.231. The van der Waals surface area contributed by atoms with Crippen molar-refractivity contribution in [2.24, 2.45) is 0 Å². The van der Waals surface area contributed by atoms with E-state index in [1.165, 1.54) is 5.56 Å². The van der Waals surface area contributed by atoms with Gasteiger partial charge in [0.05, 0.1) is 23.6 Å². The summed E-state index contributed by atoms with van der Waals surface area (Å²) in [5.41, 5.74) is 4.53. The molecule has 0 saturated carbocycles. The van der Waals surface area contributed by atoms with E-state index in [2.05, 4.69) is 63.0 Å². The number of thiophene rings is 1. The molecule has 170 valence electrons. The van der Waals surface area contributed by atoms with Crippen LogP contribution < -0.4 is 10.6 Å². The maximum absolute atomic E-state index is 12.4. The van der Waals surface area contributed by atoms with Crippen LogP contribution in [-0.4, -0.2) is 29.7 Å². The van der Waals surface area contributed by atoms with Gasteiger partial charge in [0.2, 0.25) is 0 Å². The zero-order valence-electron chi connectivity index (χ0n) is 18.5. The Kier molecular flexibility index (Phi) is 7.42. The Bertz CT molecular complexity index is 1220. The molecule has 0 radical (unpaired) electrons. The summed E-state index contributed by atoms with van der Waals surface area (Å²) in [6.07, 6.45) is 0.151. The van der Waals surface area contributed by atoms with E-state index in [9.17, 15) is 9.59 Å². The number of hydrogen-bond acceptors (Lipinski definition) is 4. The van der Waals surface area contributed by atoms with Gasteiger partial charge >= 0.3 is 12.0 Å². The predicted molar refractivity (Wildman–Crippen MR) is 132 cm³/mol. The number of nitrogens with zero attached hydrogens (tertiary/aromatic N) is 1. The summed E-state index contributed by atoms with van der Waals surface area (Å²) in [4.78, 5) is 25.0. The minimum Gasteiger partial charge on any atom is -0.466 e. The molecule has 0 atom stereocenters. The van der Waals surface area contributed by atoms with Gasteiger partial charge in [-0.15, -0.1) is 11.3 Å². The van der Waals surface area contributed by atoms with Crippen molar-refractivity contribution in [3.8, 4) is 10.6 Å². The van der Waals surface area contributed by atoms with Crippen LogP contribution in [0.3, 0.4) is 0 Å². The van der Waals surface area contributed by atoms with Crippen LogP contribution in [0.2, 0.25) is 0 Å². The van der Waals surface area contributed by atoms with Crippen molar-refractivity contribution in [3.05, 3.63) is 83.2 Å². The van der Waals surface area contributed by atoms with Crippen molar-refractivity contribution in [2.45, 2.75) is 26.4 Å². The van der Waals surface area contributed by atoms with Gasteiger partial charge in [-0.2, -0.15) is 0 Å². The monoisotopic (exact) mass is 461 g/mol. The molecule has 2 aromatic heterocycles. The van der Waals surface area contributed by atoms with Crippen LogP contribution >= 0.6 is 11.3 Å². The second-order valence-corrected chi connectivity index (χ2v) is 8.51. The van der Waals surface area contributed by atoms with E-state index in [0.29, 0.717) is 13.2 Å². The van der Waals surface area contributed by atoms with Crippen molar-refractivity contribution >= 4 is 34.2 Å². The quantitative estimate of drug-likeness (QED) is 0.338. The first kappa shape index (κ1) is 22.6. The van der Waals surface area contributed by atoms with Crippen LogP contribution in [0.1, 0.15) is 24.5 Å². The molecule has 2 heterocycles. The highest BCUT2D eigenvalue weighted by molar-refractivity contribution is 7.13. The fourth-order valence-corrected chi connectivity index (χ4v) is 4.73. The minimum atomic E-state index is -0.318. The first-order chi connectivity index (χ1) is 16.2. The summed E-state index contributed by atoms with van der Waals surface area (Å²) < 4.78 is 7.22. The van der Waals surface area contributed by atoms with E-state index >= 15 is 0 Å². The van der Waals surface area contributed by atoms with Gasteiger partial charge in [-0.25, -0.2) is 4.79 Å². The summed E-state index contributed by atoms with van der Waals surface area (Å²) in [5, 5.41) is 8.88. The van der Waals surface area contributed by atoms with Crippen molar-refractivity contribution in [1.82, 2.24) is 15.2 Å². The number of esters is 1. The highest BCUT2D eigenvalue weighted by Gasteiger charge is 2.20. The van der Waals surface area contributed by atoms with Gasteiger partial charge in [0.15, 0.2) is 0 Å². The van der Waals surface area contributed by atoms with Gasteiger partial charge in [0.25, 0.3) is 0 Å². The predicted octanol–water partition coefficient (Wildman–Crippen LogP) is 5.17. The Morgan fingerprint density at radius 1 is 0.970 bits per heavy atom. The molecule has 0 spiro atoms. The number of benzene rings is 2. The molecule has 6 nitrogen and oxygen atoms in total. The molecular weight excluding hydrogens is 434 g/mol. The van der Waals surface area contributed by atoms with Crippen LogP contribution in [0, 0.1) is 0 Å². The van der Waals surface area contributed by atoms with Crippen LogP contribution in [0.25, 0.3) is 21.5 Å². The number of amides is 2. The maximum Gasteiger partial charge on any atom is 0.315 e. The van der Waals surface area contributed by atoms with Gasteiger partial charge in [-0.1, -0.05) is 54.6 Å². The molecule has 2 amide bonds. The van der Waals surface area contributed by atoms with Crippen molar-refractivity contribution in [2.75, 3.05) is 13.2 Å². The lowest BCUT2D eigenvalue weighted by Gasteiger charge is -2.12.